The lowest BCUT2D eigenvalue weighted by molar-refractivity contribution is -0.141. The summed E-state index contributed by atoms with van der Waals surface area (Å²) in [5.41, 5.74) is 0.500. The van der Waals surface area contributed by atoms with Crippen molar-refractivity contribution >= 4 is 43.5 Å². The van der Waals surface area contributed by atoms with Crippen molar-refractivity contribution in [2.45, 2.75) is 17.5 Å². The van der Waals surface area contributed by atoms with Gasteiger partial charge in [-0.2, -0.15) is 4.99 Å². The summed E-state index contributed by atoms with van der Waals surface area (Å²) in [6.45, 7) is -0.237. The standard InChI is InChI=1S/C19H17N3O7S2/c1-27-17(23)9-22-12-7-6-11(31(20,25)26)8-16(12)30-19(22)21-18(24)15-10-28-13-4-2-3-5-14(13)29-15/h2-8,15H,9-10H2,1H3,(H2,20,25,26)/t15-/m0/s1. The van der Waals surface area contributed by atoms with Crippen LogP contribution in [0.4, 0.5) is 0 Å². The van der Waals surface area contributed by atoms with Gasteiger partial charge >= 0.3 is 5.97 Å². The molecule has 4 rings (SSSR count). The van der Waals surface area contributed by atoms with Gasteiger partial charge in [0.15, 0.2) is 16.3 Å². The molecule has 1 aliphatic heterocycles. The van der Waals surface area contributed by atoms with Crippen LogP contribution in [0.2, 0.25) is 0 Å². The second-order valence-electron chi connectivity index (χ2n) is 6.54. The molecular weight excluding hydrogens is 446 g/mol. The Labute approximate surface area is 180 Å². The summed E-state index contributed by atoms with van der Waals surface area (Å²) < 4.78 is 41.3. The number of ether oxygens (including phenoxy) is 3. The van der Waals surface area contributed by atoms with Crippen molar-refractivity contribution in [3.05, 3.63) is 47.3 Å². The third-order valence-electron chi connectivity index (χ3n) is 4.49. The Morgan fingerprint density at radius 3 is 2.71 bits per heavy atom. The van der Waals surface area contributed by atoms with Gasteiger partial charge in [-0.25, -0.2) is 13.6 Å². The van der Waals surface area contributed by atoms with Crippen LogP contribution in [0.1, 0.15) is 0 Å². The molecule has 0 fully saturated rings. The number of carbonyl (C=O) groups excluding carboxylic acids is 2. The lowest BCUT2D eigenvalue weighted by Crippen LogP contribution is -2.37. The lowest BCUT2D eigenvalue weighted by Gasteiger charge is -2.23. The van der Waals surface area contributed by atoms with Crippen LogP contribution in [-0.2, 0) is 30.9 Å². The van der Waals surface area contributed by atoms with E-state index in [0.717, 1.165) is 11.3 Å². The number of sulfonamides is 1. The van der Waals surface area contributed by atoms with E-state index < -0.39 is 28.0 Å². The van der Waals surface area contributed by atoms with Crippen LogP contribution in [0.3, 0.4) is 0 Å². The van der Waals surface area contributed by atoms with Crippen LogP contribution in [0, 0.1) is 0 Å². The number of methoxy groups -OCH3 is 1. The van der Waals surface area contributed by atoms with Gasteiger partial charge in [-0.15, -0.1) is 0 Å². The molecular formula is C19H17N3O7S2. The Bertz CT molecular complexity index is 1360. The van der Waals surface area contributed by atoms with Crippen molar-refractivity contribution in [3.8, 4) is 11.5 Å². The zero-order valence-corrected chi connectivity index (χ0v) is 17.8. The van der Waals surface area contributed by atoms with Crippen LogP contribution >= 0.6 is 11.3 Å². The van der Waals surface area contributed by atoms with Gasteiger partial charge in [-0.3, -0.25) is 9.59 Å². The Hall–Kier alpha value is -3.22. The normalized spacial score (nSPS) is 16.3. The minimum absolute atomic E-state index is 0.0171. The van der Waals surface area contributed by atoms with Gasteiger partial charge in [0.05, 0.1) is 22.2 Å². The van der Waals surface area contributed by atoms with E-state index in [1.165, 1.54) is 29.9 Å². The van der Waals surface area contributed by atoms with Gasteiger partial charge in [-0.1, -0.05) is 23.5 Å². The molecule has 2 heterocycles. The Kier molecular flexibility index (Phi) is 5.52. The first-order valence-electron chi connectivity index (χ1n) is 8.96. The largest absolute Gasteiger partial charge is 0.485 e. The number of hydrogen-bond acceptors (Lipinski definition) is 8. The fourth-order valence-corrected chi connectivity index (χ4v) is 4.66. The zero-order chi connectivity index (χ0) is 22.2. The predicted octanol–water partition coefficient (Wildman–Crippen LogP) is 0.791. The number of para-hydroxylation sites is 2. The molecule has 0 saturated heterocycles. The summed E-state index contributed by atoms with van der Waals surface area (Å²) in [7, 11) is -2.68. The van der Waals surface area contributed by atoms with E-state index in [9.17, 15) is 18.0 Å². The summed E-state index contributed by atoms with van der Waals surface area (Å²) in [4.78, 5) is 28.9. The summed E-state index contributed by atoms with van der Waals surface area (Å²) in [6.07, 6.45) is -0.966. The molecule has 1 aliphatic rings. The van der Waals surface area contributed by atoms with E-state index in [1.807, 2.05) is 0 Å². The zero-order valence-electron chi connectivity index (χ0n) is 16.2. The highest BCUT2D eigenvalue weighted by molar-refractivity contribution is 7.89. The maximum Gasteiger partial charge on any atom is 0.325 e. The van der Waals surface area contributed by atoms with E-state index in [0.29, 0.717) is 21.7 Å². The van der Waals surface area contributed by atoms with E-state index in [-0.39, 0.29) is 22.8 Å². The van der Waals surface area contributed by atoms with Crippen LogP contribution in [0.25, 0.3) is 10.2 Å². The van der Waals surface area contributed by atoms with Crippen molar-refractivity contribution in [1.82, 2.24) is 4.57 Å². The fourth-order valence-electron chi connectivity index (χ4n) is 2.97. The van der Waals surface area contributed by atoms with Crippen LogP contribution < -0.4 is 19.4 Å². The van der Waals surface area contributed by atoms with Crippen molar-refractivity contribution in [2.24, 2.45) is 10.1 Å². The molecule has 1 atom stereocenters. The monoisotopic (exact) mass is 463 g/mol. The Morgan fingerprint density at radius 1 is 1.26 bits per heavy atom. The summed E-state index contributed by atoms with van der Waals surface area (Å²) in [5, 5.41) is 5.20. The molecule has 0 spiro atoms. The minimum Gasteiger partial charge on any atom is -0.485 e. The first kappa shape index (κ1) is 21.0. The molecule has 10 nitrogen and oxygen atoms in total. The summed E-state index contributed by atoms with van der Waals surface area (Å²) in [6, 6.07) is 11.1. The number of primary sulfonamides is 1. The molecule has 0 aliphatic carbocycles. The third kappa shape index (κ3) is 4.31. The molecule has 162 valence electrons. The van der Waals surface area contributed by atoms with Crippen LogP contribution in [0.15, 0.2) is 52.4 Å². The van der Waals surface area contributed by atoms with Crippen LogP contribution in [-0.4, -0.2) is 44.7 Å². The number of nitrogens with zero attached hydrogens (tertiary/aromatic N) is 2. The lowest BCUT2D eigenvalue weighted by atomic mass is 10.2. The first-order chi connectivity index (χ1) is 14.8. The highest BCUT2D eigenvalue weighted by Crippen LogP contribution is 2.31. The molecule has 2 N–H and O–H groups in total. The molecule has 31 heavy (non-hydrogen) atoms. The van der Waals surface area contributed by atoms with E-state index in [4.69, 9.17) is 19.3 Å². The van der Waals surface area contributed by atoms with Crippen molar-refractivity contribution in [3.63, 3.8) is 0 Å². The molecule has 0 radical (unpaired) electrons. The van der Waals surface area contributed by atoms with Gasteiger partial charge in [-0.05, 0) is 30.3 Å². The third-order valence-corrected chi connectivity index (χ3v) is 6.44. The van der Waals surface area contributed by atoms with Gasteiger partial charge in [0.25, 0.3) is 5.91 Å². The number of rotatable bonds is 4. The molecule has 0 unspecified atom stereocenters. The molecule has 12 heteroatoms. The highest BCUT2D eigenvalue weighted by atomic mass is 32.2. The van der Waals surface area contributed by atoms with Gasteiger partial charge in [0.1, 0.15) is 13.2 Å². The van der Waals surface area contributed by atoms with Crippen LogP contribution in [0.5, 0.6) is 11.5 Å². The number of esters is 1. The Morgan fingerprint density at radius 2 is 2.00 bits per heavy atom. The first-order valence-corrected chi connectivity index (χ1v) is 11.3. The van der Waals surface area contributed by atoms with E-state index in [2.05, 4.69) is 4.99 Å². The second kappa shape index (κ2) is 8.13. The smallest absolute Gasteiger partial charge is 0.325 e. The van der Waals surface area contributed by atoms with E-state index >= 15 is 0 Å². The van der Waals surface area contributed by atoms with Gasteiger partial charge in [0.2, 0.25) is 16.1 Å². The molecule has 0 bridgehead atoms. The highest BCUT2D eigenvalue weighted by Gasteiger charge is 2.27. The van der Waals surface area contributed by atoms with E-state index in [1.54, 1.807) is 24.3 Å². The molecule has 3 aromatic rings. The maximum atomic E-state index is 12.8. The summed E-state index contributed by atoms with van der Waals surface area (Å²) in [5.74, 6) is -0.204. The average Bonchev–Trinajstić information content (AvgIpc) is 3.08. The molecule has 2 aromatic carbocycles. The number of nitrogens with two attached hydrogens (primary N) is 1. The van der Waals surface area contributed by atoms with Crippen molar-refractivity contribution in [1.29, 1.82) is 0 Å². The quantitative estimate of drug-likeness (QED) is 0.564. The second-order valence-corrected chi connectivity index (χ2v) is 9.11. The summed E-state index contributed by atoms with van der Waals surface area (Å²) >= 11 is 1.04. The van der Waals surface area contributed by atoms with Crippen molar-refractivity contribution in [2.75, 3.05) is 13.7 Å². The SMILES string of the molecule is COC(=O)Cn1c(=NC(=O)[C@@H]2COc3ccccc3O2)sc2cc(S(N)(=O)=O)ccc21. The van der Waals surface area contributed by atoms with Gasteiger partial charge in [0, 0.05) is 0 Å². The number of benzene rings is 2. The molecule has 1 amide bonds. The fraction of sp³-hybridized carbons (Fsp3) is 0.211. The number of carbonyl (C=O) groups is 2. The average molecular weight is 463 g/mol. The van der Waals surface area contributed by atoms with Gasteiger partial charge < -0.3 is 18.8 Å². The predicted molar refractivity (Wildman–Crippen MR) is 110 cm³/mol. The topological polar surface area (TPSA) is 139 Å². The number of hydrogen-bond donors (Lipinski definition) is 1. The minimum atomic E-state index is -3.92. The number of thiazole rings is 1. The number of fused-ring (bicyclic) bond motifs is 2. The number of aromatic nitrogens is 1. The Balaban J connectivity index is 1.76. The molecule has 1 aromatic heterocycles. The molecule has 0 saturated carbocycles. The van der Waals surface area contributed by atoms with Crippen molar-refractivity contribution < 1.29 is 32.2 Å². The maximum absolute atomic E-state index is 12.8. The number of amides is 1.